The van der Waals surface area contributed by atoms with Gasteiger partial charge in [-0.1, -0.05) is 29.8 Å². The number of anilines is 1. The van der Waals surface area contributed by atoms with Crippen molar-refractivity contribution in [1.82, 2.24) is 0 Å². The van der Waals surface area contributed by atoms with Crippen LogP contribution in [0.5, 0.6) is 0 Å². The number of nitrogens with two attached hydrogens (primary N) is 1. The van der Waals surface area contributed by atoms with Gasteiger partial charge < -0.3 is 11.1 Å². The molecule has 0 saturated carbocycles. The molecule has 0 aliphatic carbocycles. The molecule has 0 aromatic heterocycles. The monoisotopic (exact) mass is 301 g/mol. The maximum atomic E-state index is 12.3. The Morgan fingerprint density at radius 2 is 1.86 bits per heavy atom. The number of amidine groups is 1. The van der Waals surface area contributed by atoms with Crippen LogP contribution in [-0.2, 0) is 0 Å². The molecule has 0 saturated heterocycles. The minimum atomic E-state index is -0.236. The van der Waals surface area contributed by atoms with E-state index in [1.807, 2.05) is 31.2 Å². The zero-order chi connectivity index (χ0) is 15.2. The predicted molar refractivity (Wildman–Crippen MR) is 87.6 cm³/mol. The van der Waals surface area contributed by atoms with E-state index in [2.05, 4.69) is 10.3 Å². The highest BCUT2D eigenvalue weighted by Crippen LogP contribution is 2.20. The normalized spacial score (nSPS) is 11.2. The summed E-state index contributed by atoms with van der Waals surface area (Å²) in [6.45, 7) is 1.99. The van der Waals surface area contributed by atoms with Crippen molar-refractivity contribution in [3.8, 4) is 0 Å². The number of benzene rings is 2. The lowest BCUT2D eigenvalue weighted by Crippen LogP contribution is -2.15. The van der Waals surface area contributed by atoms with Crippen LogP contribution in [0.4, 0.5) is 11.4 Å². The van der Waals surface area contributed by atoms with Gasteiger partial charge in [0.1, 0.15) is 5.84 Å². The molecule has 4 nitrogen and oxygen atoms in total. The molecule has 0 unspecified atom stereocenters. The Hall–Kier alpha value is -2.33. The van der Waals surface area contributed by atoms with Gasteiger partial charge >= 0.3 is 0 Å². The van der Waals surface area contributed by atoms with E-state index < -0.39 is 0 Å². The fourth-order valence-electron chi connectivity index (χ4n) is 1.78. The van der Waals surface area contributed by atoms with Crippen molar-refractivity contribution in [3.63, 3.8) is 0 Å². The largest absolute Gasteiger partial charge is 0.386 e. The standard InChI is InChI=1S/C16H16ClN3O/c1-11-6-8-12(9-7-11)19-16(21)13-4-2-3-5-14(13)20-15(18)10-17/h2-9H,10H2,1H3,(H2,18,20)(H,19,21). The average Bonchev–Trinajstić information content (AvgIpc) is 2.50. The number of halogens is 1. The van der Waals surface area contributed by atoms with Gasteiger partial charge in [0.25, 0.3) is 5.91 Å². The molecule has 2 aromatic rings. The summed E-state index contributed by atoms with van der Waals surface area (Å²) < 4.78 is 0. The molecule has 0 radical (unpaired) electrons. The van der Waals surface area contributed by atoms with Crippen LogP contribution >= 0.6 is 11.6 Å². The summed E-state index contributed by atoms with van der Waals surface area (Å²) in [6.07, 6.45) is 0. The third kappa shape index (κ3) is 4.07. The quantitative estimate of drug-likeness (QED) is 0.516. The van der Waals surface area contributed by atoms with Crippen molar-refractivity contribution in [2.24, 2.45) is 10.7 Å². The van der Waals surface area contributed by atoms with Crippen molar-refractivity contribution >= 4 is 34.7 Å². The number of amides is 1. The number of hydrogen-bond acceptors (Lipinski definition) is 2. The third-order valence-electron chi connectivity index (χ3n) is 2.86. The molecule has 2 rings (SSSR count). The lowest BCUT2D eigenvalue weighted by Gasteiger charge is -2.08. The molecule has 2 aromatic carbocycles. The first-order chi connectivity index (χ1) is 10.1. The SMILES string of the molecule is Cc1ccc(NC(=O)c2ccccc2N=C(N)CCl)cc1. The Bertz CT molecular complexity index is 665. The van der Waals surface area contributed by atoms with Gasteiger partial charge in [-0.05, 0) is 31.2 Å². The number of aliphatic imine (C=N–C) groups is 1. The van der Waals surface area contributed by atoms with Crippen LogP contribution in [0.1, 0.15) is 15.9 Å². The molecule has 0 fully saturated rings. The Balaban J connectivity index is 2.25. The molecule has 5 heteroatoms. The molecule has 1 amide bonds. The van der Waals surface area contributed by atoms with Gasteiger partial charge in [-0.15, -0.1) is 11.6 Å². The van der Waals surface area contributed by atoms with E-state index in [0.29, 0.717) is 11.3 Å². The van der Waals surface area contributed by atoms with Crippen LogP contribution in [0, 0.1) is 6.92 Å². The smallest absolute Gasteiger partial charge is 0.257 e. The molecule has 0 bridgehead atoms. The van der Waals surface area contributed by atoms with E-state index in [0.717, 1.165) is 11.3 Å². The maximum Gasteiger partial charge on any atom is 0.257 e. The lowest BCUT2D eigenvalue weighted by molar-refractivity contribution is 0.102. The van der Waals surface area contributed by atoms with Gasteiger partial charge in [0.15, 0.2) is 0 Å². The molecule has 108 valence electrons. The van der Waals surface area contributed by atoms with E-state index >= 15 is 0 Å². The Morgan fingerprint density at radius 3 is 2.52 bits per heavy atom. The third-order valence-corrected chi connectivity index (χ3v) is 3.13. The Morgan fingerprint density at radius 1 is 1.19 bits per heavy atom. The second kappa shape index (κ2) is 6.90. The van der Waals surface area contributed by atoms with E-state index in [1.54, 1.807) is 24.3 Å². The first kappa shape index (κ1) is 15.1. The van der Waals surface area contributed by atoms with Crippen LogP contribution in [0.25, 0.3) is 0 Å². The zero-order valence-corrected chi connectivity index (χ0v) is 12.4. The molecule has 0 aliphatic rings. The summed E-state index contributed by atoms with van der Waals surface area (Å²) in [6, 6.07) is 14.6. The van der Waals surface area contributed by atoms with Crippen molar-refractivity contribution in [1.29, 1.82) is 0 Å². The fourth-order valence-corrected chi connectivity index (χ4v) is 1.84. The van der Waals surface area contributed by atoms with Gasteiger partial charge in [-0.25, -0.2) is 4.99 Å². The van der Waals surface area contributed by atoms with E-state index in [4.69, 9.17) is 17.3 Å². The number of nitrogens with zero attached hydrogens (tertiary/aromatic N) is 1. The maximum absolute atomic E-state index is 12.3. The van der Waals surface area contributed by atoms with Gasteiger partial charge in [0.05, 0.1) is 17.1 Å². The topological polar surface area (TPSA) is 67.5 Å². The predicted octanol–water partition coefficient (Wildman–Crippen LogP) is 3.47. The molecule has 0 spiro atoms. The molecule has 0 atom stereocenters. The minimum Gasteiger partial charge on any atom is -0.386 e. The van der Waals surface area contributed by atoms with Crippen LogP contribution in [0.3, 0.4) is 0 Å². The number of carbonyl (C=O) groups is 1. The van der Waals surface area contributed by atoms with Gasteiger partial charge in [0.2, 0.25) is 0 Å². The number of para-hydroxylation sites is 1. The van der Waals surface area contributed by atoms with Crippen LogP contribution < -0.4 is 11.1 Å². The lowest BCUT2D eigenvalue weighted by atomic mass is 10.1. The Labute approximate surface area is 128 Å². The summed E-state index contributed by atoms with van der Waals surface area (Å²) in [5.74, 6) is 0.154. The highest BCUT2D eigenvalue weighted by molar-refractivity contribution is 6.28. The zero-order valence-electron chi connectivity index (χ0n) is 11.6. The second-order valence-corrected chi connectivity index (χ2v) is 4.84. The summed E-state index contributed by atoms with van der Waals surface area (Å²) in [5.41, 5.74) is 8.44. The summed E-state index contributed by atoms with van der Waals surface area (Å²) in [7, 11) is 0. The first-order valence-electron chi connectivity index (χ1n) is 6.46. The average molecular weight is 302 g/mol. The number of carbonyl (C=O) groups excluding carboxylic acids is 1. The summed E-state index contributed by atoms with van der Waals surface area (Å²) in [5, 5.41) is 2.84. The summed E-state index contributed by atoms with van der Waals surface area (Å²) in [4.78, 5) is 16.5. The van der Waals surface area contributed by atoms with E-state index in [-0.39, 0.29) is 17.6 Å². The highest BCUT2D eigenvalue weighted by Gasteiger charge is 2.11. The number of hydrogen-bond donors (Lipinski definition) is 2. The van der Waals surface area contributed by atoms with E-state index in [1.165, 1.54) is 0 Å². The van der Waals surface area contributed by atoms with Crippen molar-refractivity contribution in [2.75, 3.05) is 11.2 Å². The van der Waals surface area contributed by atoms with Crippen molar-refractivity contribution < 1.29 is 4.79 Å². The first-order valence-corrected chi connectivity index (χ1v) is 6.99. The molecule has 3 N–H and O–H groups in total. The van der Waals surface area contributed by atoms with Gasteiger partial charge in [0, 0.05) is 5.69 Å². The molecular formula is C16H16ClN3O. The molecule has 21 heavy (non-hydrogen) atoms. The van der Waals surface area contributed by atoms with Crippen molar-refractivity contribution in [3.05, 3.63) is 59.7 Å². The van der Waals surface area contributed by atoms with Gasteiger partial charge in [-0.2, -0.15) is 0 Å². The number of nitrogens with one attached hydrogen (secondary N) is 1. The Kier molecular flexibility index (Phi) is 4.95. The molecule has 0 heterocycles. The van der Waals surface area contributed by atoms with Crippen LogP contribution in [0.15, 0.2) is 53.5 Å². The highest BCUT2D eigenvalue weighted by atomic mass is 35.5. The minimum absolute atomic E-state index is 0.119. The van der Waals surface area contributed by atoms with Gasteiger partial charge in [-0.3, -0.25) is 4.79 Å². The summed E-state index contributed by atoms with van der Waals surface area (Å²) >= 11 is 5.62. The fraction of sp³-hybridized carbons (Fsp3) is 0.125. The second-order valence-electron chi connectivity index (χ2n) is 4.57. The van der Waals surface area contributed by atoms with Crippen LogP contribution in [0.2, 0.25) is 0 Å². The number of aryl methyl sites for hydroxylation is 1. The number of alkyl halides is 1. The van der Waals surface area contributed by atoms with E-state index in [9.17, 15) is 4.79 Å². The molecular weight excluding hydrogens is 286 g/mol. The number of rotatable bonds is 4. The van der Waals surface area contributed by atoms with Crippen LogP contribution in [-0.4, -0.2) is 17.6 Å². The van der Waals surface area contributed by atoms with Crippen molar-refractivity contribution in [2.45, 2.75) is 6.92 Å². The molecule has 0 aliphatic heterocycles.